The van der Waals surface area contributed by atoms with E-state index in [1.807, 2.05) is 32.9 Å². The molecule has 1 aliphatic carbocycles. The molecule has 140 valence electrons. The normalized spacial score (nSPS) is 16.7. The van der Waals surface area contributed by atoms with Crippen molar-refractivity contribution in [3.8, 4) is 0 Å². The van der Waals surface area contributed by atoms with E-state index < -0.39 is 10.8 Å². The van der Waals surface area contributed by atoms with Crippen molar-refractivity contribution in [3.63, 3.8) is 0 Å². The van der Waals surface area contributed by atoms with Crippen molar-refractivity contribution in [2.75, 3.05) is 0 Å². The molecule has 0 aliphatic heterocycles. The van der Waals surface area contributed by atoms with Gasteiger partial charge in [0.05, 0.1) is 21.8 Å². The van der Waals surface area contributed by atoms with E-state index in [1.54, 1.807) is 0 Å². The molecule has 1 heterocycles. The summed E-state index contributed by atoms with van der Waals surface area (Å²) < 4.78 is 14.8. The number of hydrogen-bond acceptors (Lipinski definition) is 2. The summed E-state index contributed by atoms with van der Waals surface area (Å²) >= 11 is 0. The number of benzene rings is 1. The molecule has 5 heteroatoms. The fraction of sp³-hybridized carbons (Fsp3) is 0.650. The summed E-state index contributed by atoms with van der Waals surface area (Å²) in [4.78, 5) is 5.82. The van der Waals surface area contributed by atoms with E-state index in [2.05, 4.69) is 31.4 Å². The first kappa shape index (κ1) is 20.1. The van der Waals surface area contributed by atoms with E-state index in [0.29, 0.717) is 0 Å². The topological polar surface area (TPSA) is 66.4 Å². The van der Waals surface area contributed by atoms with Crippen LogP contribution in [0.4, 0.5) is 0 Å². The summed E-state index contributed by atoms with van der Waals surface area (Å²) in [6.45, 7) is 13.9. The molecular formula is C20H32N2O2S. The second-order valence-electron chi connectivity index (χ2n) is 9.35. The number of nitrogens with zero attached hydrogens (tertiary/aromatic N) is 2. The van der Waals surface area contributed by atoms with Crippen LogP contribution < -0.4 is 0 Å². The third kappa shape index (κ3) is 4.70. The molecule has 0 bridgehead atoms. The maximum absolute atomic E-state index is 12.7. The zero-order valence-corrected chi connectivity index (χ0v) is 17.2. The van der Waals surface area contributed by atoms with E-state index >= 15 is 0 Å². The summed E-state index contributed by atoms with van der Waals surface area (Å²) in [5.74, 6) is 1.98. The molecule has 1 saturated carbocycles. The molecule has 0 radical (unpaired) electrons. The van der Waals surface area contributed by atoms with E-state index in [9.17, 15) is 4.21 Å². The highest BCUT2D eigenvalue weighted by molar-refractivity contribution is 7.86. The largest absolute Gasteiger partial charge is 0.412 e. The second kappa shape index (κ2) is 6.84. The molecule has 0 amide bonds. The highest BCUT2D eigenvalue weighted by atomic mass is 32.2. The Morgan fingerprint density at radius 2 is 1.80 bits per heavy atom. The quantitative estimate of drug-likeness (QED) is 0.819. The Kier molecular flexibility index (Phi) is 5.50. The average molecular weight is 365 g/mol. The van der Waals surface area contributed by atoms with Crippen LogP contribution in [0.15, 0.2) is 23.1 Å². The minimum atomic E-state index is -1.02. The van der Waals surface area contributed by atoms with Gasteiger partial charge in [-0.2, -0.15) is 0 Å². The number of rotatable bonds is 4. The molecule has 2 aromatic rings. The van der Waals surface area contributed by atoms with Gasteiger partial charge in [0.2, 0.25) is 0 Å². The van der Waals surface area contributed by atoms with Crippen LogP contribution in [0.5, 0.6) is 0 Å². The lowest BCUT2D eigenvalue weighted by molar-refractivity contribution is 0.391. The SMILES string of the molecule is CC(C)(C)Cc1nc2cc(S(=O)C(C)(C)C)ccc2n1CC1CC1.O. The molecule has 1 aromatic carbocycles. The minimum Gasteiger partial charge on any atom is -0.412 e. The first-order valence-corrected chi connectivity index (χ1v) is 10.1. The summed E-state index contributed by atoms with van der Waals surface area (Å²) in [6, 6.07) is 6.18. The van der Waals surface area contributed by atoms with Gasteiger partial charge in [-0.25, -0.2) is 4.98 Å². The van der Waals surface area contributed by atoms with Crippen LogP contribution in [0.3, 0.4) is 0 Å². The van der Waals surface area contributed by atoms with Gasteiger partial charge in [0, 0.05) is 22.6 Å². The Morgan fingerprint density at radius 3 is 2.32 bits per heavy atom. The first-order chi connectivity index (χ1) is 11.0. The van der Waals surface area contributed by atoms with Gasteiger partial charge >= 0.3 is 0 Å². The van der Waals surface area contributed by atoms with Crippen molar-refractivity contribution in [2.45, 2.75) is 77.0 Å². The Hall–Kier alpha value is -1.20. The van der Waals surface area contributed by atoms with Crippen molar-refractivity contribution in [1.82, 2.24) is 9.55 Å². The third-order valence-electron chi connectivity index (χ3n) is 4.40. The highest BCUT2D eigenvalue weighted by Crippen LogP contribution is 2.34. The molecule has 1 fully saturated rings. The van der Waals surface area contributed by atoms with Gasteiger partial charge in [-0.3, -0.25) is 4.21 Å². The van der Waals surface area contributed by atoms with Crippen LogP contribution in [0.2, 0.25) is 0 Å². The van der Waals surface area contributed by atoms with Crippen LogP contribution in [0, 0.1) is 11.3 Å². The molecular weight excluding hydrogens is 332 g/mol. The number of imidazole rings is 1. The molecule has 0 saturated heterocycles. The zero-order valence-electron chi connectivity index (χ0n) is 16.3. The van der Waals surface area contributed by atoms with Gasteiger partial charge in [-0.15, -0.1) is 0 Å². The van der Waals surface area contributed by atoms with Crippen molar-refractivity contribution < 1.29 is 9.69 Å². The number of hydrogen-bond donors (Lipinski definition) is 0. The predicted octanol–water partition coefficient (Wildman–Crippen LogP) is 4.12. The van der Waals surface area contributed by atoms with Crippen molar-refractivity contribution in [1.29, 1.82) is 0 Å². The molecule has 1 aromatic heterocycles. The van der Waals surface area contributed by atoms with Crippen molar-refractivity contribution in [2.24, 2.45) is 11.3 Å². The lowest BCUT2D eigenvalue weighted by Gasteiger charge is -2.19. The first-order valence-electron chi connectivity index (χ1n) is 8.96. The monoisotopic (exact) mass is 364 g/mol. The van der Waals surface area contributed by atoms with Crippen LogP contribution in [-0.4, -0.2) is 24.0 Å². The average Bonchev–Trinajstić information content (AvgIpc) is 3.19. The molecule has 2 N–H and O–H groups in total. The molecule has 4 nitrogen and oxygen atoms in total. The second-order valence-corrected chi connectivity index (χ2v) is 11.6. The Bertz CT molecular complexity index is 777. The van der Waals surface area contributed by atoms with Crippen molar-refractivity contribution in [3.05, 3.63) is 24.0 Å². The minimum absolute atomic E-state index is 0. The van der Waals surface area contributed by atoms with E-state index in [-0.39, 0.29) is 15.6 Å². The maximum Gasteiger partial charge on any atom is 0.110 e. The Balaban J connectivity index is 0.00000225. The van der Waals surface area contributed by atoms with Crippen LogP contribution in [-0.2, 0) is 23.8 Å². The Morgan fingerprint density at radius 1 is 1.16 bits per heavy atom. The van der Waals surface area contributed by atoms with Crippen LogP contribution in [0.25, 0.3) is 11.0 Å². The fourth-order valence-electron chi connectivity index (χ4n) is 3.00. The van der Waals surface area contributed by atoms with Crippen LogP contribution >= 0.6 is 0 Å². The lowest BCUT2D eigenvalue weighted by atomic mass is 9.92. The van der Waals surface area contributed by atoms with Gasteiger partial charge in [-0.1, -0.05) is 20.8 Å². The van der Waals surface area contributed by atoms with Gasteiger partial charge < -0.3 is 10.0 Å². The molecule has 1 atom stereocenters. The summed E-state index contributed by atoms with van der Waals surface area (Å²) in [6.07, 6.45) is 3.63. The lowest BCUT2D eigenvalue weighted by Crippen LogP contribution is -2.21. The third-order valence-corrected chi connectivity index (χ3v) is 6.19. The van der Waals surface area contributed by atoms with E-state index in [0.717, 1.165) is 29.3 Å². The number of aromatic nitrogens is 2. The summed E-state index contributed by atoms with van der Waals surface area (Å²) in [5.41, 5.74) is 2.39. The van der Waals surface area contributed by atoms with E-state index in [1.165, 1.54) is 24.2 Å². The molecule has 3 rings (SSSR count). The molecule has 25 heavy (non-hydrogen) atoms. The zero-order chi connectivity index (χ0) is 17.7. The van der Waals surface area contributed by atoms with Gasteiger partial charge in [-0.05, 0) is 63.1 Å². The Labute approximate surface area is 153 Å². The van der Waals surface area contributed by atoms with Crippen molar-refractivity contribution >= 4 is 21.8 Å². The molecule has 0 spiro atoms. The fourth-order valence-corrected chi connectivity index (χ4v) is 4.12. The standard InChI is InChI=1S/C20H30N2OS.H2O/c1-19(2,3)12-18-21-16-11-15(24(23)20(4,5)6)9-10-17(16)22(18)13-14-7-8-14;/h9-11,14H,7-8,12-13H2,1-6H3;1H2. The summed E-state index contributed by atoms with van der Waals surface area (Å²) in [7, 11) is -1.02. The van der Waals surface area contributed by atoms with Gasteiger partial charge in [0.15, 0.2) is 0 Å². The van der Waals surface area contributed by atoms with Gasteiger partial charge in [0.25, 0.3) is 0 Å². The summed E-state index contributed by atoms with van der Waals surface area (Å²) in [5, 5.41) is 0. The smallest absolute Gasteiger partial charge is 0.110 e. The molecule has 1 aliphatic rings. The predicted molar refractivity (Wildman–Crippen MR) is 105 cm³/mol. The van der Waals surface area contributed by atoms with E-state index in [4.69, 9.17) is 4.98 Å². The van der Waals surface area contributed by atoms with Gasteiger partial charge in [0.1, 0.15) is 5.82 Å². The van der Waals surface area contributed by atoms with Crippen LogP contribution in [0.1, 0.15) is 60.2 Å². The molecule has 1 unspecified atom stereocenters. The maximum atomic E-state index is 12.7. The number of fused-ring (bicyclic) bond motifs is 1. The highest BCUT2D eigenvalue weighted by Gasteiger charge is 2.27.